The molecule has 7 nitrogen and oxygen atoms in total. The molecule has 25 heavy (non-hydrogen) atoms. The van der Waals surface area contributed by atoms with Gasteiger partial charge in [0.15, 0.2) is 11.5 Å². The number of ether oxygens (including phenoxy) is 2. The van der Waals surface area contributed by atoms with Crippen molar-refractivity contribution in [3.8, 4) is 11.5 Å². The number of urea groups is 1. The average molecular weight is 346 g/mol. The van der Waals surface area contributed by atoms with Crippen molar-refractivity contribution in [2.45, 2.75) is 39.8 Å². The molecule has 136 valence electrons. The zero-order valence-electron chi connectivity index (χ0n) is 15.2. The highest BCUT2D eigenvalue weighted by molar-refractivity contribution is 5.89. The Hall–Kier alpha value is -2.70. The van der Waals surface area contributed by atoms with Crippen molar-refractivity contribution >= 4 is 11.7 Å². The maximum Gasteiger partial charge on any atom is 0.319 e. The molecule has 1 aromatic heterocycles. The fourth-order valence-corrected chi connectivity index (χ4v) is 2.33. The van der Waals surface area contributed by atoms with Crippen LogP contribution < -0.4 is 20.1 Å². The molecule has 0 radical (unpaired) electrons. The van der Waals surface area contributed by atoms with Gasteiger partial charge in [-0.25, -0.2) is 4.79 Å². The van der Waals surface area contributed by atoms with Crippen LogP contribution in [0.5, 0.6) is 11.5 Å². The molecule has 0 spiro atoms. The van der Waals surface area contributed by atoms with E-state index in [0.29, 0.717) is 23.8 Å². The summed E-state index contributed by atoms with van der Waals surface area (Å²) in [6.07, 6.45) is 4.33. The van der Waals surface area contributed by atoms with Crippen molar-refractivity contribution in [2.75, 3.05) is 19.0 Å². The van der Waals surface area contributed by atoms with Gasteiger partial charge < -0.3 is 20.1 Å². The van der Waals surface area contributed by atoms with Crippen molar-refractivity contribution < 1.29 is 14.3 Å². The van der Waals surface area contributed by atoms with E-state index in [2.05, 4.69) is 22.7 Å². The topological polar surface area (TPSA) is 77.4 Å². The van der Waals surface area contributed by atoms with Gasteiger partial charge in [0.2, 0.25) is 0 Å². The van der Waals surface area contributed by atoms with Gasteiger partial charge in [-0.15, -0.1) is 0 Å². The van der Waals surface area contributed by atoms with Gasteiger partial charge in [0.05, 0.1) is 31.6 Å². The zero-order valence-corrected chi connectivity index (χ0v) is 15.2. The first kappa shape index (κ1) is 18.6. The van der Waals surface area contributed by atoms with Gasteiger partial charge in [0, 0.05) is 12.7 Å². The largest absolute Gasteiger partial charge is 0.493 e. The summed E-state index contributed by atoms with van der Waals surface area (Å²) in [5, 5.41) is 9.80. The molecular weight excluding hydrogens is 320 g/mol. The standard InChI is InChI=1S/C18H26N4O3/c1-5-9-25-16-8-7-14(10-17(16)24-4)13(3)20-18(23)21-15-11-19-22(6-2)12-15/h7-8,10-13H,5-6,9H2,1-4H3,(H2,20,21,23). The van der Waals surface area contributed by atoms with Crippen molar-refractivity contribution in [3.63, 3.8) is 0 Å². The summed E-state index contributed by atoms with van der Waals surface area (Å²) in [5.74, 6) is 1.36. The van der Waals surface area contributed by atoms with Gasteiger partial charge >= 0.3 is 6.03 Å². The number of nitrogens with one attached hydrogen (secondary N) is 2. The average Bonchev–Trinajstić information content (AvgIpc) is 3.07. The first-order valence-corrected chi connectivity index (χ1v) is 8.48. The number of methoxy groups -OCH3 is 1. The van der Waals surface area contributed by atoms with Gasteiger partial charge in [0.25, 0.3) is 0 Å². The molecule has 2 N–H and O–H groups in total. The molecule has 0 aliphatic heterocycles. The highest BCUT2D eigenvalue weighted by Gasteiger charge is 2.13. The zero-order chi connectivity index (χ0) is 18.2. The number of hydrogen-bond acceptors (Lipinski definition) is 4. The molecule has 0 bridgehead atoms. The van der Waals surface area contributed by atoms with E-state index >= 15 is 0 Å². The lowest BCUT2D eigenvalue weighted by Gasteiger charge is -2.17. The van der Waals surface area contributed by atoms with Crippen LogP contribution in [0.15, 0.2) is 30.6 Å². The predicted octanol–water partition coefficient (Wildman–Crippen LogP) is 3.58. The number of nitrogens with zero attached hydrogens (tertiary/aromatic N) is 2. The van der Waals surface area contributed by atoms with Gasteiger partial charge in [-0.05, 0) is 38.0 Å². The molecule has 2 rings (SSSR count). The third-order valence-corrected chi connectivity index (χ3v) is 3.71. The van der Waals surface area contributed by atoms with Crippen LogP contribution in [-0.2, 0) is 6.54 Å². The van der Waals surface area contributed by atoms with Crippen LogP contribution in [0.3, 0.4) is 0 Å². The van der Waals surface area contributed by atoms with Crippen molar-refractivity contribution in [1.29, 1.82) is 0 Å². The van der Waals surface area contributed by atoms with E-state index in [0.717, 1.165) is 18.5 Å². The molecule has 0 aliphatic rings. The molecule has 0 saturated heterocycles. The van der Waals surface area contributed by atoms with E-state index in [1.54, 1.807) is 24.2 Å². The summed E-state index contributed by atoms with van der Waals surface area (Å²) in [7, 11) is 1.61. The van der Waals surface area contributed by atoms with E-state index in [1.807, 2.05) is 32.0 Å². The number of amides is 2. The van der Waals surface area contributed by atoms with E-state index in [-0.39, 0.29) is 12.1 Å². The Morgan fingerprint density at radius 2 is 2.12 bits per heavy atom. The van der Waals surface area contributed by atoms with E-state index in [9.17, 15) is 4.79 Å². The number of aromatic nitrogens is 2. The normalized spacial score (nSPS) is 11.7. The van der Waals surface area contributed by atoms with Crippen LogP contribution in [0.25, 0.3) is 0 Å². The van der Waals surface area contributed by atoms with E-state index in [4.69, 9.17) is 9.47 Å². The summed E-state index contributed by atoms with van der Waals surface area (Å²) in [6.45, 7) is 7.34. The summed E-state index contributed by atoms with van der Waals surface area (Å²) >= 11 is 0. The molecule has 7 heteroatoms. The Bertz CT molecular complexity index is 699. The third-order valence-electron chi connectivity index (χ3n) is 3.71. The van der Waals surface area contributed by atoms with Crippen molar-refractivity contribution in [1.82, 2.24) is 15.1 Å². The first-order chi connectivity index (χ1) is 12.1. The highest BCUT2D eigenvalue weighted by Crippen LogP contribution is 2.30. The van der Waals surface area contributed by atoms with Crippen LogP contribution in [-0.4, -0.2) is 29.5 Å². The van der Waals surface area contributed by atoms with Crippen LogP contribution in [0.2, 0.25) is 0 Å². The van der Waals surface area contributed by atoms with Crippen LogP contribution >= 0.6 is 0 Å². The van der Waals surface area contributed by atoms with Gasteiger partial charge in [-0.3, -0.25) is 4.68 Å². The summed E-state index contributed by atoms with van der Waals surface area (Å²) in [4.78, 5) is 12.1. The van der Waals surface area contributed by atoms with Crippen LogP contribution in [0.4, 0.5) is 10.5 Å². The Morgan fingerprint density at radius 3 is 2.76 bits per heavy atom. The molecule has 1 heterocycles. The van der Waals surface area contributed by atoms with E-state index < -0.39 is 0 Å². The minimum atomic E-state index is -0.284. The summed E-state index contributed by atoms with van der Waals surface area (Å²) < 4.78 is 12.8. The second kappa shape index (κ2) is 8.96. The Labute approximate surface area is 148 Å². The van der Waals surface area contributed by atoms with Gasteiger partial charge in [-0.1, -0.05) is 13.0 Å². The number of anilines is 1. The maximum atomic E-state index is 12.1. The smallest absolute Gasteiger partial charge is 0.319 e. The van der Waals surface area contributed by atoms with Crippen molar-refractivity contribution in [2.24, 2.45) is 0 Å². The lowest BCUT2D eigenvalue weighted by molar-refractivity contribution is 0.249. The first-order valence-electron chi connectivity index (χ1n) is 8.48. The minimum absolute atomic E-state index is 0.185. The molecule has 2 amide bonds. The monoisotopic (exact) mass is 346 g/mol. The summed E-state index contributed by atoms with van der Waals surface area (Å²) in [6, 6.07) is 5.20. The molecule has 2 aromatic rings. The lowest BCUT2D eigenvalue weighted by atomic mass is 10.1. The Kier molecular flexibility index (Phi) is 6.68. The Morgan fingerprint density at radius 1 is 1.32 bits per heavy atom. The highest BCUT2D eigenvalue weighted by atomic mass is 16.5. The fraction of sp³-hybridized carbons (Fsp3) is 0.444. The van der Waals surface area contributed by atoms with E-state index in [1.165, 1.54) is 0 Å². The van der Waals surface area contributed by atoms with Gasteiger partial charge in [0.1, 0.15) is 0 Å². The number of carbonyl (C=O) groups is 1. The number of hydrogen-bond donors (Lipinski definition) is 2. The molecule has 0 saturated carbocycles. The number of carbonyl (C=O) groups excluding carboxylic acids is 1. The minimum Gasteiger partial charge on any atom is -0.493 e. The Balaban J connectivity index is 1.99. The predicted molar refractivity (Wildman–Crippen MR) is 97.3 cm³/mol. The second-order valence-corrected chi connectivity index (χ2v) is 5.66. The van der Waals surface area contributed by atoms with Crippen LogP contribution in [0.1, 0.15) is 38.8 Å². The molecule has 1 unspecified atom stereocenters. The number of aryl methyl sites for hydroxylation is 1. The van der Waals surface area contributed by atoms with Crippen LogP contribution in [0, 0.1) is 0 Å². The maximum absolute atomic E-state index is 12.1. The molecule has 1 aromatic carbocycles. The molecular formula is C18H26N4O3. The summed E-state index contributed by atoms with van der Waals surface area (Å²) in [5.41, 5.74) is 1.59. The third kappa shape index (κ3) is 5.14. The molecule has 0 aliphatic carbocycles. The second-order valence-electron chi connectivity index (χ2n) is 5.66. The quantitative estimate of drug-likeness (QED) is 0.766. The fourth-order valence-electron chi connectivity index (χ4n) is 2.33. The number of rotatable bonds is 8. The lowest BCUT2D eigenvalue weighted by Crippen LogP contribution is -2.31. The van der Waals surface area contributed by atoms with Crippen molar-refractivity contribution in [3.05, 3.63) is 36.2 Å². The molecule has 0 fully saturated rings. The number of benzene rings is 1. The molecule has 1 atom stereocenters. The van der Waals surface area contributed by atoms with Gasteiger partial charge in [-0.2, -0.15) is 5.10 Å². The SMILES string of the molecule is CCCOc1ccc(C(C)NC(=O)Nc2cnn(CC)c2)cc1OC.